The summed E-state index contributed by atoms with van der Waals surface area (Å²) in [5, 5.41) is 3.12. The van der Waals surface area contributed by atoms with E-state index >= 15 is 0 Å². The van der Waals surface area contributed by atoms with Crippen molar-refractivity contribution in [3.63, 3.8) is 0 Å². The molecule has 0 unspecified atom stereocenters. The van der Waals surface area contributed by atoms with E-state index in [1.165, 1.54) is 26.2 Å². The first-order valence-corrected chi connectivity index (χ1v) is 8.50. The summed E-state index contributed by atoms with van der Waals surface area (Å²) in [6.45, 7) is 0.105. The molecule has 0 aliphatic heterocycles. The molecule has 2 rings (SSSR count). The number of amides is 1. The number of anilines is 1. The maximum absolute atomic E-state index is 12.4. The van der Waals surface area contributed by atoms with Crippen molar-refractivity contribution in [3.05, 3.63) is 52.5 Å². The molecule has 0 fully saturated rings. The highest BCUT2D eigenvalue weighted by Crippen LogP contribution is 2.30. The molecule has 1 atom stereocenters. The summed E-state index contributed by atoms with van der Waals surface area (Å²) < 4.78 is 39.1. The smallest absolute Gasteiger partial charge is 0.387 e. The van der Waals surface area contributed by atoms with Gasteiger partial charge in [-0.15, -0.1) is 0 Å². The quantitative estimate of drug-likeness (QED) is 0.679. The molecule has 0 heterocycles. The molecule has 28 heavy (non-hydrogen) atoms. The maximum Gasteiger partial charge on any atom is 0.387 e. The summed E-state index contributed by atoms with van der Waals surface area (Å²) in [6.07, 6.45) is -1.12. The lowest BCUT2D eigenvalue weighted by atomic mass is 10.2. The predicted molar refractivity (Wildman–Crippen MR) is 99.3 cm³/mol. The molecule has 6 nitrogen and oxygen atoms in total. The Balaban J connectivity index is 2.07. The van der Waals surface area contributed by atoms with Gasteiger partial charge >= 0.3 is 12.6 Å². The molecule has 0 aromatic heterocycles. The molecule has 150 valence electrons. The van der Waals surface area contributed by atoms with Crippen molar-refractivity contribution in [1.82, 2.24) is 0 Å². The Morgan fingerprint density at radius 2 is 1.86 bits per heavy atom. The van der Waals surface area contributed by atoms with Crippen LogP contribution in [0.25, 0.3) is 0 Å². The highest BCUT2D eigenvalue weighted by atomic mass is 35.5. The highest BCUT2D eigenvalue weighted by Gasteiger charge is 2.21. The number of benzene rings is 2. The number of esters is 1. The Bertz CT molecular complexity index is 875. The number of carbonyl (C=O) groups is 2. The molecule has 0 bridgehead atoms. The number of rotatable bonds is 7. The van der Waals surface area contributed by atoms with Crippen molar-refractivity contribution in [2.24, 2.45) is 0 Å². The first-order valence-electron chi connectivity index (χ1n) is 8.12. The number of hydrogen-bond donors (Lipinski definition) is 1. The monoisotopic (exact) mass is 413 g/mol. The van der Waals surface area contributed by atoms with E-state index in [0.717, 1.165) is 6.07 Å². The molecular formula is C19H18ClF2NO5. The average Bonchev–Trinajstić information content (AvgIpc) is 2.65. The van der Waals surface area contributed by atoms with Crippen molar-refractivity contribution in [2.75, 3.05) is 12.4 Å². The minimum Gasteiger partial charge on any atom is -0.493 e. The first kappa shape index (κ1) is 21.4. The minimum atomic E-state index is -3.04. The van der Waals surface area contributed by atoms with Crippen LogP contribution in [0.15, 0.2) is 36.4 Å². The second-order valence-electron chi connectivity index (χ2n) is 5.69. The molecule has 0 aliphatic rings. The fraction of sp³-hybridized carbons (Fsp3) is 0.263. The van der Waals surface area contributed by atoms with E-state index in [1.54, 1.807) is 25.1 Å². The largest absolute Gasteiger partial charge is 0.493 e. The summed E-state index contributed by atoms with van der Waals surface area (Å²) in [5.74, 6) is -1.67. The van der Waals surface area contributed by atoms with Gasteiger partial charge in [-0.25, -0.2) is 4.79 Å². The van der Waals surface area contributed by atoms with Crippen LogP contribution in [-0.2, 0) is 9.53 Å². The van der Waals surface area contributed by atoms with Gasteiger partial charge in [0.15, 0.2) is 17.6 Å². The van der Waals surface area contributed by atoms with Gasteiger partial charge in [-0.1, -0.05) is 17.7 Å². The first-order chi connectivity index (χ1) is 13.2. The Morgan fingerprint density at radius 1 is 1.14 bits per heavy atom. The lowest BCUT2D eigenvalue weighted by Gasteiger charge is -2.16. The van der Waals surface area contributed by atoms with Crippen LogP contribution in [0.1, 0.15) is 22.8 Å². The van der Waals surface area contributed by atoms with Gasteiger partial charge in [0.1, 0.15) is 0 Å². The normalized spacial score (nSPS) is 11.7. The molecule has 0 radical (unpaired) electrons. The molecule has 1 N–H and O–H groups in total. The molecule has 0 saturated carbocycles. The van der Waals surface area contributed by atoms with Gasteiger partial charge in [0.2, 0.25) is 0 Å². The number of methoxy groups -OCH3 is 1. The Kier molecular flexibility index (Phi) is 7.17. The lowest BCUT2D eigenvalue weighted by molar-refractivity contribution is -0.123. The van der Waals surface area contributed by atoms with E-state index in [0.29, 0.717) is 16.3 Å². The lowest BCUT2D eigenvalue weighted by Crippen LogP contribution is -2.30. The van der Waals surface area contributed by atoms with E-state index in [2.05, 4.69) is 10.1 Å². The SMILES string of the molecule is COc1cc(C(=O)O[C@@H](C)C(=O)Nc2cccc(Cl)c2C)ccc1OC(F)F. The molecular weight excluding hydrogens is 396 g/mol. The molecule has 1 amide bonds. The second-order valence-corrected chi connectivity index (χ2v) is 6.10. The molecule has 0 spiro atoms. The van der Waals surface area contributed by atoms with Crippen LogP contribution in [0.2, 0.25) is 5.02 Å². The van der Waals surface area contributed by atoms with E-state index < -0.39 is 24.6 Å². The fourth-order valence-electron chi connectivity index (χ4n) is 2.25. The van der Waals surface area contributed by atoms with Crippen molar-refractivity contribution < 1.29 is 32.6 Å². The highest BCUT2D eigenvalue weighted by molar-refractivity contribution is 6.31. The second kappa shape index (κ2) is 9.36. The van der Waals surface area contributed by atoms with Gasteiger partial charge in [0.25, 0.3) is 5.91 Å². The molecule has 2 aromatic carbocycles. The van der Waals surface area contributed by atoms with Gasteiger partial charge in [-0.05, 0) is 49.7 Å². The van der Waals surface area contributed by atoms with Crippen LogP contribution in [0.3, 0.4) is 0 Å². The third kappa shape index (κ3) is 5.32. The number of nitrogens with one attached hydrogen (secondary N) is 1. The summed E-state index contributed by atoms with van der Waals surface area (Å²) in [5.41, 5.74) is 1.18. The van der Waals surface area contributed by atoms with Crippen molar-refractivity contribution >= 4 is 29.2 Å². The molecule has 2 aromatic rings. The topological polar surface area (TPSA) is 73.9 Å². The third-order valence-electron chi connectivity index (χ3n) is 3.79. The zero-order chi connectivity index (χ0) is 20.8. The third-order valence-corrected chi connectivity index (χ3v) is 4.20. The molecule has 0 aliphatic carbocycles. The van der Waals surface area contributed by atoms with Crippen LogP contribution in [0, 0.1) is 6.92 Å². The van der Waals surface area contributed by atoms with E-state index in [9.17, 15) is 18.4 Å². The van der Waals surface area contributed by atoms with Gasteiger partial charge in [-0.3, -0.25) is 4.79 Å². The summed E-state index contributed by atoms with van der Waals surface area (Å²) >= 11 is 6.01. The minimum absolute atomic E-state index is 0.0112. The van der Waals surface area contributed by atoms with Crippen LogP contribution in [0.4, 0.5) is 14.5 Å². The summed E-state index contributed by atoms with van der Waals surface area (Å²) in [6, 6.07) is 8.60. The van der Waals surface area contributed by atoms with Crippen LogP contribution in [0.5, 0.6) is 11.5 Å². The van der Waals surface area contributed by atoms with Crippen LogP contribution in [-0.4, -0.2) is 31.7 Å². The van der Waals surface area contributed by atoms with Crippen molar-refractivity contribution in [2.45, 2.75) is 26.6 Å². The van der Waals surface area contributed by atoms with Gasteiger partial charge < -0.3 is 19.5 Å². The standard InChI is InChI=1S/C19H18ClF2NO5/c1-10-13(20)5-4-6-14(10)23-17(24)11(2)27-18(25)12-7-8-15(28-19(21)22)16(9-12)26-3/h4-9,11,19H,1-3H3,(H,23,24)/t11-/m0/s1. The summed E-state index contributed by atoms with van der Waals surface area (Å²) in [4.78, 5) is 24.5. The van der Waals surface area contributed by atoms with Crippen molar-refractivity contribution in [3.8, 4) is 11.5 Å². The van der Waals surface area contributed by atoms with Gasteiger partial charge in [-0.2, -0.15) is 8.78 Å². The number of alkyl halides is 2. The van der Waals surface area contributed by atoms with Gasteiger partial charge in [0, 0.05) is 10.7 Å². The van der Waals surface area contributed by atoms with E-state index in [-0.39, 0.29) is 17.1 Å². The van der Waals surface area contributed by atoms with E-state index in [4.69, 9.17) is 21.1 Å². The zero-order valence-electron chi connectivity index (χ0n) is 15.3. The molecule has 0 saturated heterocycles. The Labute approximate surface area is 165 Å². The van der Waals surface area contributed by atoms with E-state index in [1.807, 2.05) is 0 Å². The Morgan fingerprint density at radius 3 is 2.50 bits per heavy atom. The molecule has 9 heteroatoms. The number of ether oxygens (including phenoxy) is 3. The van der Waals surface area contributed by atoms with Crippen LogP contribution >= 0.6 is 11.6 Å². The van der Waals surface area contributed by atoms with Crippen LogP contribution < -0.4 is 14.8 Å². The fourth-order valence-corrected chi connectivity index (χ4v) is 2.42. The number of carbonyl (C=O) groups excluding carboxylic acids is 2. The van der Waals surface area contributed by atoms with Gasteiger partial charge in [0.05, 0.1) is 12.7 Å². The van der Waals surface area contributed by atoms with Crippen molar-refractivity contribution in [1.29, 1.82) is 0 Å². The average molecular weight is 414 g/mol. The Hall–Kier alpha value is -2.87. The maximum atomic E-state index is 12.4. The number of hydrogen-bond acceptors (Lipinski definition) is 5. The zero-order valence-corrected chi connectivity index (χ0v) is 16.0. The summed E-state index contributed by atoms with van der Waals surface area (Å²) in [7, 11) is 1.24. The number of halogens is 3. The predicted octanol–water partition coefficient (Wildman–Crippen LogP) is 4.44.